The second kappa shape index (κ2) is 17.2. The van der Waals surface area contributed by atoms with Gasteiger partial charge in [-0.25, -0.2) is 80.0 Å². The number of pyridine rings is 2. The first-order valence-corrected chi connectivity index (χ1v) is 22.5. The van der Waals surface area contributed by atoms with Crippen LogP contribution in [0.5, 0.6) is 0 Å². The second-order valence-electron chi connectivity index (χ2n) is 18.2. The Hall–Kier alpha value is -10.0. The zero-order valence-corrected chi connectivity index (χ0v) is 38.6. The normalized spacial score (nSPS) is 15.3. The van der Waals surface area contributed by atoms with E-state index in [1.807, 2.05) is 0 Å². The highest BCUT2D eigenvalue weighted by Gasteiger charge is 2.51. The molecule has 0 spiro atoms. The van der Waals surface area contributed by atoms with E-state index >= 15 is 17.6 Å². The number of amides is 4. The third kappa shape index (κ3) is 6.56. The molecule has 4 heterocycles. The molecule has 4 aliphatic rings. The summed E-state index contributed by atoms with van der Waals surface area (Å²) in [5, 5.41) is -1.19. The zero-order valence-electron chi connectivity index (χ0n) is 38.6. The number of rotatable bonds is 6. The second-order valence-corrected chi connectivity index (χ2v) is 18.2. The summed E-state index contributed by atoms with van der Waals surface area (Å²) in [5.74, 6) is -58.1. The number of benzene rings is 6. The first-order valence-electron chi connectivity index (χ1n) is 22.5. The van der Waals surface area contributed by atoms with Gasteiger partial charge in [0.15, 0.2) is 116 Å². The summed E-state index contributed by atoms with van der Waals surface area (Å²) >= 11 is 0. The van der Waals surface area contributed by atoms with Crippen molar-refractivity contribution in [3.63, 3.8) is 0 Å². The lowest BCUT2D eigenvalue weighted by Gasteiger charge is -2.24. The monoisotopic (exact) mass is 1140 g/mol. The molecule has 0 N–H and O–H groups in total. The Kier molecular flexibility index (Phi) is 11.0. The number of Topliss-reactive ketones (excluding diaryl/α,β-unsaturated/α-hetero) is 4. The summed E-state index contributed by atoms with van der Waals surface area (Å²) in [6.07, 6.45) is -1.03. The predicted molar refractivity (Wildman–Crippen MR) is 236 cm³/mol. The van der Waals surface area contributed by atoms with Gasteiger partial charge in [-0.05, 0) is 47.5 Å². The summed E-state index contributed by atoms with van der Waals surface area (Å²) in [6.45, 7) is 0. The summed E-state index contributed by atoms with van der Waals surface area (Å²) in [5.41, 5.74) is -18.5. The molecule has 0 saturated heterocycles. The summed E-state index contributed by atoms with van der Waals surface area (Å²) in [7, 11) is 0. The zero-order chi connectivity index (χ0) is 58.3. The van der Waals surface area contributed by atoms with Crippen LogP contribution in [0.4, 0.5) is 81.6 Å². The molecule has 12 nitrogen and oxygen atoms in total. The van der Waals surface area contributed by atoms with Crippen molar-refractivity contribution < 1.29 is 109 Å². The number of ketones is 4. The highest BCUT2D eigenvalue weighted by Crippen LogP contribution is 2.47. The number of imide groups is 2. The number of anilines is 2. The van der Waals surface area contributed by atoms with Gasteiger partial charge in [0.05, 0.1) is 78.3 Å². The molecular weight excluding hydrogens is 1120 g/mol. The molecule has 2 aliphatic carbocycles. The van der Waals surface area contributed by atoms with Crippen LogP contribution in [-0.4, -0.2) is 56.7 Å². The standard InChI is InChI=1S/C53H12F16N4O8/c54-28-20-21(29(55)37(63)36(28)62)47(75)18(46(20)74)16-7-3-12-14(70-16)5-1-10(44(12)72-50(78)24-25(51(72)79)33(59)41(67)40(66)32(24)58)9-11-2-6-15-13(45(11)73-52(80)26-27(53(73)81)35(61)43(69)42(68)34(26)60)4-8-17(71-15)19-48(76)22-23(49(19)77)31(57)39(65)38(64)30(22)56/h1-8,18-19H,9H2. The minimum Gasteiger partial charge on any atom is -0.293 e. The van der Waals surface area contributed by atoms with Crippen LogP contribution in [0.1, 0.15) is 117 Å². The number of hydrogen-bond acceptors (Lipinski definition) is 10. The van der Waals surface area contributed by atoms with Crippen LogP contribution in [0.15, 0.2) is 48.5 Å². The minimum absolute atomic E-state index is 0.0866. The van der Waals surface area contributed by atoms with E-state index < -0.39 is 258 Å². The maximum Gasteiger partial charge on any atom is 0.269 e. The van der Waals surface area contributed by atoms with Gasteiger partial charge < -0.3 is 0 Å². The van der Waals surface area contributed by atoms with Crippen LogP contribution in [-0.2, 0) is 6.42 Å². The van der Waals surface area contributed by atoms with Gasteiger partial charge in [-0.3, -0.25) is 48.3 Å². The maximum atomic E-state index is 15.5. The lowest BCUT2D eigenvalue weighted by Crippen LogP contribution is -2.32. The van der Waals surface area contributed by atoms with Crippen molar-refractivity contribution in [1.82, 2.24) is 9.97 Å². The maximum absolute atomic E-state index is 15.5. The van der Waals surface area contributed by atoms with Crippen molar-refractivity contribution in [2.75, 3.05) is 9.80 Å². The van der Waals surface area contributed by atoms with Crippen LogP contribution in [0.2, 0.25) is 0 Å². The molecule has 0 fully saturated rings. The number of fused-ring (bicyclic) bond motifs is 6. The third-order valence-electron chi connectivity index (χ3n) is 14.1. The minimum atomic E-state index is -2.59. The third-order valence-corrected chi connectivity index (χ3v) is 14.1. The average molecular weight is 1140 g/mol. The van der Waals surface area contributed by atoms with Crippen LogP contribution in [0.3, 0.4) is 0 Å². The molecule has 404 valence electrons. The molecule has 0 saturated carbocycles. The smallest absolute Gasteiger partial charge is 0.269 e. The fraction of sp³-hybridized carbons (Fsp3) is 0.0566. The molecule has 0 unspecified atom stereocenters. The largest absolute Gasteiger partial charge is 0.293 e. The van der Waals surface area contributed by atoms with E-state index in [1.165, 1.54) is 0 Å². The van der Waals surface area contributed by atoms with Crippen molar-refractivity contribution in [3.05, 3.63) is 209 Å². The summed E-state index contributed by atoms with van der Waals surface area (Å²) < 4.78 is 238. The molecule has 4 amide bonds. The SMILES string of the molecule is O=C1c2c(F)c(F)c(F)c(F)c2C(=O)C1c1ccc2c(N3C(=O)c4c(F)c(F)c(F)c(F)c4C3=O)c(Cc3ccc4nc(C5C(=O)c6c(F)c(F)c(F)c(F)c6C5=O)ccc4c3N3C(=O)c4c(F)c(F)c(F)c(F)c4C3=O)ccc2n1. The topological polar surface area (TPSA) is 169 Å². The first kappa shape index (κ1) is 51.7. The Morgan fingerprint density at radius 2 is 0.531 bits per heavy atom. The van der Waals surface area contributed by atoms with E-state index in [0.717, 1.165) is 36.4 Å². The van der Waals surface area contributed by atoms with Crippen LogP contribution >= 0.6 is 0 Å². The summed E-state index contributed by atoms with van der Waals surface area (Å²) in [4.78, 5) is 119. The molecule has 6 aromatic carbocycles. The highest BCUT2D eigenvalue weighted by molar-refractivity contribution is 6.38. The molecule has 8 aromatic rings. The van der Waals surface area contributed by atoms with Crippen LogP contribution in [0, 0.1) is 93.1 Å². The quantitative estimate of drug-likeness (QED) is 0.0514. The number of hydrogen-bond donors (Lipinski definition) is 0. The van der Waals surface area contributed by atoms with E-state index in [2.05, 4.69) is 9.97 Å². The van der Waals surface area contributed by atoms with Crippen molar-refractivity contribution in [3.8, 4) is 0 Å². The Bertz CT molecular complexity index is 4100. The Labute approximate surface area is 434 Å². The van der Waals surface area contributed by atoms with Crippen molar-refractivity contribution >= 4 is 79.9 Å². The van der Waals surface area contributed by atoms with Gasteiger partial charge in [0.25, 0.3) is 23.6 Å². The van der Waals surface area contributed by atoms with E-state index in [-0.39, 0.29) is 9.80 Å². The number of aromatic nitrogens is 2. The molecular formula is C53H12F16N4O8. The van der Waals surface area contributed by atoms with E-state index in [0.29, 0.717) is 12.1 Å². The number of nitrogens with zero attached hydrogens (tertiary/aromatic N) is 4. The van der Waals surface area contributed by atoms with Crippen molar-refractivity contribution in [1.29, 1.82) is 0 Å². The highest BCUT2D eigenvalue weighted by atomic mass is 19.2. The Morgan fingerprint density at radius 1 is 0.296 bits per heavy atom. The summed E-state index contributed by atoms with van der Waals surface area (Å²) in [6, 6.07) is 6.57. The van der Waals surface area contributed by atoms with Gasteiger partial charge in [0.1, 0.15) is 11.8 Å². The van der Waals surface area contributed by atoms with Gasteiger partial charge in [0, 0.05) is 17.2 Å². The van der Waals surface area contributed by atoms with E-state index in [1.54, 1.807) is 0 Å². The lowest BCUT2D eigenvalue weighted by atomic mass is 9.94. The molecule has 81 heavy (non-hydrogen) atoms. The lowest BCUT2D eigenvalue weighted by molar-refractivity contribution is 0.0869. The first-order chi connectivity index (χ1) is 38.2. The number of carbonyl (C=O) groups excluding carboxylic acids is 8. The van der Waals surface area contributed by atoms with Gasteiger partial charge >= 0.3 is 0 Å². The number of halogens is 16. The van der Waals surface area contributed by atoms with Crippen LogP contribution < -0.4 is 9.80 Å². The molecule has 2 aromatic heterocycles. The average Bonchev–Trinajstić information content (AvgIpc) is 4.09. The van der Waals surface area contributed by atoms with Gasteiger partial charge in [0.2, 0.25) is 0 Å². The number of carbonyl (C=O) groups is 8. The molecule has 2 aliphatic heterocycles. The van der Waals surface area contributed by atoms with E-state index in [9.17, 15) is 91.0 Å². The Balaban J connectivity index is 1.06. The van der Waals surface area contributed by atoms with Gasteiger partial charge in [-0.1, -0.05) is 12.1 Å². The fourth-order valence-corrected chi connectivity index (χ4v) is 10.5. The Morgan fingerprint density at radius 3 is 0.778 bits per heavy atom. The van der Waals surface area contributed by atoms with Gasteiger partial charge in [-0.15, -0.1) is 0 Å². The molecule has 0 radical (unpaired) electrons. The molecule has 28 heteroatoms. The molecule has 0 bridgehead atoms. The molecule has 0 atom stereocenters. The van der Waals surface area contributed by atoms with Gasteiger partial charge in [-0.2, -0.15) is 0 Å². The fourth-order valence-electron chi connectivity index (χ4n) is 10.5. The van der Waals surface area contributed by atoms with E-state index in [4.69, 9.17) is 0 Å². The van der Waals surface area contributed by atoms with Crippen molar-refractivity contribution in [2.24, 2.45) is 0 Å². The van der Waals surface area contributed by atoms with Crippen LogP contribution in [0.25, 0.3) is 21.8 Å². The van der Waals surface area contributed by atoms with Crippen molar-refractivity contribution in [2.45, 2.75) is 18.3 Å². The predicted octanol–water partition coefficient (Wildman–Crippen LogP) is 10.5. The molecule has 12 rings (SSSR count).